The lowest BCUT2D eigenvalue weighted by Crippen LogP contribution is -2.04. The lowest BCUT2D eigenvalue weighted by molar-refractivity contribution is 0.267. The molecule has 0 saturated heterocycles. The molecule has 0 aromatic heterocycles. The third-order valence-electron chi connectivity index (χ3n) is 4.16. The molecule has 0 fully saturated rings. The summed E-state index contributed by atoms with van der Waals surface area (Å²) in [6.07, 6.45) is 0. The number of ether oxygens (including phenoxy) is 2. The molecule has 0 aliphatic heterocycles. The summed E-state index contributed by atoms with van der Waals surface area (Å²) >= 11 is 9.69. The molecule has 0 bridgehead atoms. The maximum atomic E-state index is 6.06. The van der Waals surface area contributed by atoms with Gasteiger partial charge in [-0.25, -0.2) is 0 Å². The van der Waals surface area contributed by atoms with Crippen LogP contribution in [0.15, 0.2) is 65.1 Å². The van der Waals surface area contributed by atoms with Crippen LogP contribution in [0.1, 0.15) is 23.6 Å². The fourth-order valence-corrected chi connectivity index (χ4v) is 3.68. The second-order valence-electron chi connectivity index (χ2n) is 6.48. The summed E-state index contributed by atoms with van der Waals surface area (Å²) in [6, 6.07) is 20.0. The summed E-state index contributed by atoms with van der Waals surface area (Å²) in [5, 5.41) is 4.15. The molecular weight excluding hydrogens is 438 g/mol. The van der Waals surface area contributed by atoms with Gasteiger partial charge in [-0.2, -0.15) is 0 Å². The zero-order chi connectivity index (χ0) is 19.9. The van der Waals surface area contributed by atoms with Gasteiger partial charge in [0.15, 0.2) is 11.5 Å². The van der Waals surface area contributed by atoms with Gasteiger partial charge in [-0.1, -0.05) is 35.9 Å². The first kappa shape index (κ1) is 20.6. The van der Waals surface area contributed by atoms with Crippen LogP contribution in [0.4, 0.5) is 5.69 Å². The maximum Gasteiger partial charge on any atom is 0.175 e. The van der Waals surface area contributed by atoms with Crippen LogP contribution in [-0.2, 0) is 13.2 Å². The van der Waals surface area contributed by atoms with Crippen LogP contribution in [0.3, 0.4) is 0 Å². The number of hydrogen-bond donors (Lipinski definition) is 1. The van der Waals surface area contributed by atoms with Crippen LogP contribution >= 0.6 is 27.5 Å². The van der Waals surface area contributed by atoms with Crippen LogP contribution in [0.5, 0.6) is 11.5 Å². The van der Waals surface area contributed by atoms with E-state index in [1.54, 1.807) is 0 Å². The van der Waals surface area contributed by atoms with Crippen molar-refractivity contribution in [1.29, 1.82) is 0 Å². The van der Waals surface area contributed by atoms with Crippen molar-refractivity contribution in [1.82, 2.24) is 0 Å². The van der Waals surface area contributed by atoms with Crippen LogP contribution in [0.25, 0.3) is 0 Å². The van der Waals surface area contributed by atoms with Crippen molar-refractivity contribution in [2.75, 3.05) is 11.9 Å². The normalized spacial score (nSPS) is 10.6. The van der Waals surface area contributed by atoms with E-state index in [4.69, 9.17) is 21.1 Å². The van der Waals surface area contributed by atoms with Crippen molar-refractivity contribution < 1.29 is 9.47 Å². The van der Waals surface area contributed by atoms with E-state index in [0.29, 0.717) is 30.5 Å². The van der Waals surface area contributed by atoms with E-state index in [0.717, 1.165) is 27.0 Å². The summed E-state index contributed by atoms with van der Waals surface area (Å²) in [5.41, 5.74) is 4.43. The number of halogens is 2. The Morgan fingerprint density at radius 3 is 2.54 bits per heavy atom. The molecule has 0 aliphatic carbocycles. The van der Waals surface area contributed by atoms with Gasteiger partial charge in [0.1, 0.15) is 6.61 Å². The van der Waals surface area contributed by atoms with E-state index in [1.165, 1.54) is 5.56 Å². The lowest BCUT2D eigenvalue weighted by Gasteiger charge is -2.16. The van der Waals surface area contributed by atoms with Crippen molar-refractivity contribution in [2.45, 2.75) is 27.0 Å². The first-order valence-corrected chi connectivity index (χ1v) is 10.3. The molecule has 28 heavy (non-hydrogen) atoms. The van der Waals surface area contributed by atoms with E-state index in [9.17, 15) is 0 Å². The van der Waals surface area contributed by atoms with Crippen molar-refractivity contribution in [3.05, 3.63) is 86.8 Å². The quantitative estimate of drug-likeness (QED) is 0.392. The average molecular weight is 461 g/mol. The van der Waals surface area contributed by atoms with Crippen molar-refractivity contribution in [2.24, 2.45) is 0 Å². The molecule has 3 aromatic rings. The molecule has 3 rings (SSSR count). The highest BCUT2D eigenvalue weighted by molar-refractivity contribution is 9.10. The molecule has 146 valence electrons. The van der Waals surface area contributed by atoms with Crippen LogP contribution in [0.2, 0.25) is 5.02 Å². The van der Waals surface area contributed by atoms with Gasteiger partial charge in [-0.15, -0.1) is 0 Å². The van der Waals surface area contributed by atoms with E-state index in [-0.39, 0.29) is 0 Å². The molecule has 3 aromatic carbocycles. The molecule has 5 heteroatoms. The fourth-order valence-electron chi connectivity index (χ4n) is 2.87. The predicted molar refractivity (Wildman–Crippen MR) is 120 cm³/mol. The van der Waals surface area contributed by atoms with Gasteiger partial charge in [-0.05, 0) is 82.9 Å². The zero-order valence-electron chi connectivity index (χ0n) is 16.0. The summed E-state index contributed by atoms with van der Waals surface area (Å²) < 4.78 is 12.7. The molecule has 0 atom stereocenters. The molecule has 3 nitrogen and oxygen atoms in total. The smallest absolute Gasteiger partial charge is 0.175 e. The number of hydrogen-bond acceptors (Lipinski definition) is 3. The van der Waals surface area contributed by atoms with Crippen LogP contribution in [-0.4, -0.2) is 6.61 Å². The van der Waals surface area contributed by atoms with Gasteiger partial charge in [0.05, 0.1) is 11.1 Å². The number of aryl methyl sites for hydroxylation is 1. The number of rotatable bonds is 8. The fraction of sp³-hybridized carbons (Fsp3) is 0.217. The molecule has 0 spiro atoms. The van der Waals surface area contributed by atoms with Crippen molar-refractivity contribution >= 4 is 33.2 Å². The third-order valence-corrected chi connectivity index (χ3v) is 4.98. The lowest BCUT2D eigenvalue weighted by atomic mass is 10.1. The summed E-state index contributed by atoms with van der Waals surface area (Å²) in [4.78, 5) is 0. The Kier molecular flexibility index (Phi) is 7.24. The largest absolute Gasteiger partial charge is 0.490 e. The average Bonchev–Trinajstić information content (AvgIpc) is 2.66. The van der Waals surface area contributed by atoms with Gasteiger partial charge in [0.25, 0.3) is 0 Å². The number of nitrogens with one attached hydrogen (secondary N) is 1. The van der Waals surface area contributed by atoms with E-state index in [2.05, 4.69) is 52.4 Å². The first-order chi connectivity index (χ1) is 13.5. The minimum atomic E-state index is 0.417. The molecule has 1 N–H and O–H groups in total. The highest BCUT2D eigenvalue weighted by atomic mass is 79.9. The summed E-state index contributed by atoms with van der Waals surface area (Å²) in [5.74, 6) is 1.42. The summed E-state index contributed by atoms with van der Waals surface area (Å²) in [6.45, 7) is 5.72. The SMILES string of the molecule is CCOc1cc(CNc2cccc(C)c2)cc(Br)c1OCc1cccc(Cl)c1. The number of anilines is 1. The first-order valence-electron chi connectivity index (χ1n) is 9.18. The third kappa shape index (κ3) is 5.66. The Morgan fingerprint density at radius 1 is 0.964 bits per heavy atom. The van der Waals surface area contributed by atoms with Crippen LogP contribution in [0, 0.1) is 6.92 Å². The second-order valence-corrected chi connectivity index (χ2v) is 7.77. The topological polar surface area (TPSA) is 30.5 Å². The minimum Gasteiger partial charge on any atom is -0.490 e. The van der Waals surface area contributed by atoms with Gasteiger partial charge in [0, 0.05) is 17.3 Å². The molecule has 0 aliphatic rings. The highest BCUT2D eigenvalue weighted by Crippen LogP contribution is 2.37. The molecule has 0 saturated carbocycles. The van der Waals surface area contributed by atoms with E-state index >= 15 is 0 Å². The molecule has 0 unspecified atom stereocenters. The highest BCUT2D eigenvalue weighted by Gasteiger charge is 2.13. The predicted octanol–water partition coefficient (Wildman–Crippen LogP) is 7.00. The molecule has 0 radical (unpaired) electrons. The second kappa shape index (κ2) is 9.85. The van der Waals surface area contributed by atoms with Crippen molar-refractivity contribution in [3.63, 3.8) is 0 Å². The Labute approximate surface area is 179 Å². The minimum absolute atomic E-state index is 0.417. The summed E-state index contributed by atoms with van der Waals surface area (Å²) in [7, 11) is 0. The Balaban J connectivity index is 1.75. The van der Waals surface area contributed by atoms with Gasteiger partial charge in [-0.3, -0.25) is 0 Å². The van der Waals surface area contributed by atoms with E-state index in [1.807, 2.05) is 43.3 Å². The molecular formula is C23H23BrClNO2. The van der Waals surface area contributed by atoms with Crippen molar-refractivity contribution in [3.8, 4) is 11.5 Å². The standard InChI is InChI=1S/C23H23BrClNO2/c1-3-27-22-13-18(14-26-20-9-4-6-16(2)10-20)12-21(24)23(22)28-15-17-7-5-8-19(25)11-17/h4-13,26H,3,14-15H2,1-2H3. The monoisotopic (exact) mass is 459 g/mol. The van der Waals surface area contributed by atoms with Gasteiger partial charge >= 0.3 is 0 Å². The maximum absolute atomic E-state index is 6.06. The Morgan fingerprint density at radius 2 is 1.79 bits per heavy atom. The number of benzene rings is 3. The Hall–Kier alpha value is -2.17. The molecule has 0 amide bonds. The Bertz CT molecular complexity index is 946. The molecule has 0 heterocycles. The zero-order valence-corrected chi connectivity index (χ0v) is 18.3. The van der Waals surface area contributed by atoms with E-state index < -0.39 is 0 Å². The van der Waals surface area contributed by atoms with Gasteiger partial charge in [0.2, 0.25) is 0 Å². The van der Waals surface area contributed by atoms with Crippen LogP contribution < -0.4 is 14.8 Å². The van der Waals surface area contributed by atoms with Gasteiger partial charge < -0.3 is 14.8 Å².